The van der Waals surface area contributed by atoms with Crippen molar-refractivity contribution in [3.63, 3.8) is 0 Å². The molecule has 1 aliphatic carbocycles. The van der Waals surface area contributed by atoms with Gasteiger partial charge < -0.3 is 24.6 Å². The van der Waals surface area contributed by atoms with Crippen molar-refractivity contribution in [1.82, 2.24) is 14.8 Å². The van der Waals surface area contributed by atoms with Gasteiger partial charge in [0.15, 0.2) is 23.7 Å². The van der Waals surface area contributed by atoms with Crippen molar-refractivity contribution in [2.75, 3.05) is 0 Å². The zero-order chi connectivity index (χ0) is 25.2. The van der Waals surface area contributed by atoms with Gasteiger partial charge in [0.2, 0.25) is 5.43 Å². The van der Waals surface area contributed by atoms with Gasteiger partial charge in [-0.15, -0.1) is 0 Å². The number of ether oxygens (including phenoxy) is 1. The second kappa shape index (κ2) is 8.08. The van der Waals surface area contributed by atoms with Gasteiger partial charge >= 0.3 is 6.18 Å². The van der Waals surface area contributed by atoms with Gasteiger partial charge in [0.05, 0.1) is 12.6 Å². The number of fused-ring (bicyclic) bond motifs is 5. The summed E-state index contributed by atoms with van der Waals surface area (Å²) in [5.74, 6) is -4.33. The minimum atomic E-state index is -5.08. The number of alkyl halides is 3. The molecule has 35 heavy (non-hydrogen) atoms. The number of carbonyl (C=O) groups is 2. The molecular formula is C23H21F4N3O5. The summed E-state index contributed by atoms with van der Waals surface area (Å²) in [6.07, 6.45) is -2.77. The smallest absolute Gasteiger partial charge is 0.412 e. The zero-order valence-corrected chi connectivity index (χ0v) is 18.4. The second-order valence-corrected chi connectivity index (χ2v) is 9.09. The molecule has 2 bridgehead atoms. The number of hydrogen-bond donors (Lipinski definition) is 2. The predicted octanol–water partition coefficient (Wildman–Crippen LogP) is 2.77. The fraction of sp³-hybridized carbons (Fsp3) is 0.435. The minimum Gasteiger partial charge on any atom is -0.503 e. The number of aromatic hydroxyl groups is 1. The zero-order valence-electron chi connectivity index (χ0n) is 18.4. The molecule has 2 amide bonds. The summed E-state index contributed by atoms with van der Waals surface area (Å²) in [6.45, 7) is 1.48. The number of rotatable bonds is 3. The first-order valence-corrected chi connectivity index (χ1v) is 11.0. The van der Waals surface area contributed by atoms with Gasteiger partial charge in [0, 0.05) is 17.8 Å². The maximum atomic E-state index is 14.3. The summed E-state index contributed by atoms with van der Waals surface area (Å²) >= 11 is 0. The van der Waals surface area contributed by atoms with Crippen LogP contribution in [0.3, 0.4) is 0 Å². The van der Waals surface area contributed by atoms with Gasteiger partial charge in [0.25, 0.3) is 11.8 Å². The minimum absolute atomic E-state index is 0.0164. The fourth-order valence-electron chi connectivity index (χ4n) is 5.13. The summed E-state index contributed by atoms with van der Waals surface area (Å²) < 4.78 is 62.6. The van der Waals surface area contributed by atoms with E-state index in [9.17, 15) is 37.1 Å². The summed E-state index contributed by atoms with van der Waals surface area (Å²) in [5, 5.41) is 12.2. The van der Waals surface area contributed by atoms with E-state index in [4.69, 9.17) is 4.74 Å². The average Bonchev–Trinajstić information content (AvgIpc) is 3.14. The van der Waals surface area contributed by atoms with Gasteiger partial charge in [-0.25, -0.2) is 4.39 Å². The summed E-state index contributed by atoms with van der Waals surface area (Å²) in [4.78, 5) is 40.1. The van der Waals surface area contributed by atoms with Gasteiger partial charge in [-0.05, 0) is 37.8 Å². The second-order valence-electron chi connectivity index (χ2n) is 9.09. The van der Waals surface area contributed by atoms with Gasteiger partial charge in [-0.1, -0.05) is 12.1 Å². The van der Waals surface area contributed by atoms with E-state index in [1.165, 1.54) is 17.9 Å². The Morgan fingerprint density at radius 1 is 1.26 bits per heavy atom. The first-order valence-electron chi connectivity index (χ1n) is 11.0. The van der Waals surface area contributed by atoms with E-state index in [0.29, 0.717) is 18.4 Å². The van der Waals surface area contributed by atoms with Crippen LogP contribution in [0.2, 0.25) is 0 Å². The number of pyridine rings is 1. The maximum Gasteiger partial charge on any atom is 0.412 e. The number of halogens is 4. The van der Waals surface area contributed by atoms with Crippen LogP contribution in [0.15, 0.2) is 29.2 Å². The molecule has 3 aliphatic rings. The van der Waals surface area contributed by atoms with E-state index >= 15 is 0 Å². The van der Waals surface area contributed by atoms with Crippen LogP contribution in [0.4, 0.5) is 17.6 Å². The summed E-state index contributed by atoms with van der Waals surface area (Å²) in [6, 6.07) is 0.218. The van der Waals surface area contributed by atoms with E-state index in [1.54, 1.807) is 5.32 Å². The molecule has 0 spiro atoms. The quantitative estimate of drug-likeness (QED) is 0.638. The Labute approximate surface area is 196 Å². The largest absolute Gasteiger partial charge is 0.503 e. The van der Waals surface area contributed by atoms with Crippen molar-refractivity contribution in [3.05, 3.63) is 62.8 Å². The average molecular weight is 495 g/mol. The first-order chi connectivity index (χ1) is 16.5. The number of nitrogens with one attached hydrogen (secondary N) is 1. The van der Waals surface area contributed by atoms with E-state index in [2.05, 4.69) is 0 Å². The van der Waals surface area contributed by atoms with E-state index in [-0.39, 0.29) is 24.4 Å². The number of aryl methyl sites for hydroxylation is 1. The normalized spacial score (nSPS) is 24.1. The molecule has 0 radical (unpaired) electrons. The third-order valence-corrected chi connectivity index (χ3v) is 6.77. The lowest BCUT2D eigenvalue weighted by Gasteiger charge is -2.44. The lowest BCUT2D eigenvalue weighted by Crippen LogP contribution is -2.57. The summed E-state index contributed by atoms with van der Waals surface area (Å²) in [7, 11) is 0. The van der Waals surface area contributed by atoms with Crippen molar-refractivity contribution in [2.45, 2.75) is 63.3 Å². The van der Waals surface area contributed by atoms with E-state index in [1.807, 2.05) is 0 Å². The van der Waals surface area contributed by atoms with Gasteiger partial charge in [0.1, 0.15) is 11.4 Å². The van der Waals surface area contributed by atoms with Crippen molar-refractivity contribution < 1.29 is 37.0 Å². The predicted molar refractivity (Wildman–Crippen MR) is 112 cm³/mol. The van der Waals surface area contributed by atoms with Crippen LogP contribution >= 0.6 is 0 Å². The Bertz CT molecular complexity index is 1290. The molecule has 1 saturated heterocycles. The van der Waals surface area contributed by atoms with Crippen molar-refractivity contribution in [1.29, 1.82) is 0 Å². The van der Waals surface area contributed by atoms with Gasteiger partial charge in [-0.2, -0.15) is 13.2 Å². The Morgan fingerprint density at radius 3 is 2.69 bits per heavy atom. The van der Waals surface area contributed by atoms with Crippen LogP contribution in [0.1, 0.15) is 57.3 Å². The highest BCUT2D eigenvalue weighted by molar-refractivity contribution is 5.99. The molecule has 2 aromatic rings. The molecule has 8 nitrogen and oxygen atoms in total. The lowest BCUT2D eigenvalue weighted by atomic mass is 10.0. The molecule has 1 aromatic carbocycles. The van der Waals surface area contributed by atoms with Gasteiger partial charge in [-0.3, -0.25) is 14.4 Å². The lowest BCUT2D eigenvalue weighted by molar-refractivity contribution is -0.155. The molecule has 1 aromatic heterocycles. The number of nitrogens with zero attached hydrogens (tertiary/aromatic N) is 2. The van der Waals surface area contributed by atoms with Crippen molar-refractivity contribution in [2.24, 2.45) is 0 Å². The number of benzene rings is 1. The van der Waals surface area contributed by atoms with Crippen LogP contribution in [0, 0.1) is 12.7 Å². The van der Waals surface area contributed by atoms with E-state index < -0.39 is 58.4 Å². The van der Waals surface area contributed by atoms with Crippen LogP contribution < -0.4 is 10.7 Å². The number of hydrogen-bond acceptors (Lipinski definition) is 5. The molecule has 12 heteroatoms. The molecular weight excluding hydrogens is 474 g/mol. The number of aromatic nitrogens is 1. The van der Waals surface area contributed by atoms with Crippen LogP contribution in [0.5, 0.6) is 5.75 Å². The highest BCUT2D eigenvalue weighted by Gasteiger charge is 2.48. The van der Waals surface area contributed by atoms with Crippen molar-refractivity contribution in [3.8, 4) is 5.75 Å². The third kappa shape index (κ3) is 3.85. The molecule has 2 aliphatic heterocycles. The Morgan fingerprint density at radius 2 is 2.00 bits per heavy atom. The molecule has 3 heterocycles. The molecule has 4 atom stereocenters. The third-order valence-electron chi connectivity index (χ3n) is 6.77. The molecule has 186 valence electrons. The molecule has 2 N–H and O–H groups in total. The van der Waals surface area contributed by atoms with Crippen LogP contribution in [0.25, 0.3) is 0 Å². The molecule has 1 unspecified atom stereocenters. The summed E-state index contributed by atoms with van der Waals surface area (Å²) in [5.41, 5.74) is -2.90. The molecule has 2 fully saturated rings. The maximum absolute atomic E-state index is 14.3. The van der Waals surface area contributed by atoms with Crippen molar-refractivity contribution >= 4 is 11.8 Å². The highest BCUT2D eigenvalue weighted by Crippen LogP contribution is 2.39. The Kier molecular flexibility index (Phi) is 5.38. The SMILES string of the molecule is Cc1ccc([C@H](NC(=O)c2cn3c(c(O)c2=O)C(=O)N2C(C3)O[C@H]3CC[C@@H]2C3)C(F)(F)F)c(F)c1. The van der Waals surface area contributed by atoms with Crippen LogP contribution in [-0.4, -0.2) is 50.9 Å². The number of amides is 2. The monoisotopic (exact) mass is 495 g/mol. The first kappa shape index (κ1) is 23.3. The number of carbonyl (C=O) groups excluding carboxylic acids is 2. The Hall–Kier alpha value is -3.41. The highest BCUT2D eigenvalue weighted by atomic mass is 19.4. The standard InChI is InChI=1S/C23H21F4N3O5/c1-10-2-5-13(15(24)6-10)20(23(25,26)27)28-21(33)14-8-29-9-16-30(11-3-4-12(7-11)35-16)22(34)17(29)19(32)18(14)31/h2,5-6,8,11-12,16,20,32H,3-4,7,9H2,1H3,(H,28,33)/t11-,12+,16?,20+/m1/s1. The molecule has 5 rings (SSSR count). The Balaban J connectivity index is 1.50. The fourth-order valence-corrected chi connectivity index (χ4v) is 5.13. The van der Waals surface area contributed by atoms with E-state index in [0.717, 1.165) is 29.3 Å². The molecule has 1 saturated carbocycles. The topological polar surface area (TPSA) is 101 Å². The van der Waals surface area contributed by atoms with Crippen LogP contribution in [-0.2, 0) is 11.3 Å².